The Morgan fingerprint density at radius 3 is 2.88 bits per heavy atom. The molecule has 2 heterocycles. The molecule has 0 bridgehead atoms. The number of nitrogens with zero attached hydrogens (tertiary/aromatic N) is 3. The van der Waals surface area contributed by atoms with E-state index in [9.17, 15) is 4.79 Å². The average molecular weight is 358 g/mol. The van der Waals surface area contributed by atoms with E-state index in [0.29, 0.717) is 6.04 Å². The smallest absolute Gasteiger partial charge is 0.248 e. The Labute approximate surface area is 156 Å². The van der Waals surface area contributed by atoms with E-state index in [1.807, 2.05) is 30.0 Å². The molecule has 6 nitrogen and oxygen atoms in total. The van der Waals surface area contributed by atoms with Gasteiger partial charge in [-0.3, -0.25) is 9.69 Å². The molecule has 2 N–H and O–H groups in total. The molecule has 1 saturated heterocycles. The molecule has 0 aliphatic carbocycles. The van der Waals surface area contributed by atoms with Crippen LogP contribution in [0.5, 0.6) is 0 Å². The van der Waals surface area contributed by atoms with Gasteiger partial charge in [-0.2, -0.15) is 0 Å². The lowest BCUT2D eigenvalue weighted by molar-refractivity contribution is -0.117. The minimum absolute atomic E-state index is 0.0585. The van der Waals surface area contributed by atoms with Crippen molar-refractivity contribution in [2.24, 2.45) is 4.99 Å². The molecular formula is C20H31N5O. The quantitative estimate of drug-likeness (QED) is 0.600. The lowest BCUT2D eigenvalue weighted by Crippen LogP contribution is -2.45. The molecule has 1 unspecified atom stereocenters. The van der Waals surface area contributed by atoms with Gasteiger partial charge < -0.3 is 15.5 Å². The molecule has 3 rings (SSSR count). The molecule has 0 radical (unpaired) electrons. The zero-order valence-electron chi connectivity index (χ0n) is 16.0. The predicted octanol–water partition coefficient (Wildman–Crippen LogP) is 1.62. The maximum atomic E-state index is 12.6. The van der Waals surface area contributed by atoms with Gasteiger partial charge in [0.1, 0.15) is 6.54 Å². The topological polar surface area (TPSA) is 60.0 Å². The normalized spacial score (nSPS) is 20.3. The number of amides is 1. The van der Waals surface area contributed by atoms with Crippen molar-refractivity contribution < 1.29 is 4.79 Å². The number of guanidine groups is 1. The third-order valence-corrected chi connectivity index (χ3v) is 5.32. The Bertz CT molecular complexity index is 645. The first-order chi connectivity index (χ1) is 12.7. The van der Waals surface area contributed by atoms with E-state index in [1.54, 1.807) is 0 Å². The Morgan fingerprint density at radius 2 is 2.08 bits per heavy atom. The standard InChI is InChI=1S/C20H31N5O/c1-3-21-20(22-14-17-9-7-12-24(17)4-2)23-15-19(26)25-13-11-16-8-5-6-10-18(16)25/h5-6,8,10,17H,3-4,7,9,11-15H2,1-2H3,(H2,21,22,23). The fourth-order valence-electron chi connectivity index (χ4n) is 3.93. The van der Waals surface area contributed by atoms with Gasteiger partial charge in [-0.1, -0.05) is 25.1 Å². The number of fused-ring (bicyclic) bond motifs is 1. The number of para-hydroxylation sites is 1. The summed E-state index contributed by atoms with van der Waals surface area (Å²) in [6.07, 6.45) is 3.42. The number of benzene rings is 1. The van der Waals surface area contributed by atoms with E-state index in [0.717, 1.165) is 44.2 Å². The summed E-state index contributed by atoms with van der Waals surface area (Å²) in [5.74, 6) is 0.791. The van der Waals surface area contributed by atoms with Gasteiger partial charge in [0.2, 0.25) is 5.91 Å². The molecule has 1 aromatic carbocycles. The molecule has 1 amide bonds. The van der Waals surface area contributed by atoms with Crippen molar-refractivity contribution in [2.45, 2.75) is 39.2 Å². The summed E-state index contributed by atoms with van der Waals surface area (Å²) >= 11 is 0. The zero-order chi connectivity index (χ0) is 18.4. The van der Waals surface area contributed by atoms with Gasteiger partial charge in [0.25, 0.3) is 0 Å². The van der Waals surface area contributed by atoms with Crippen molar-refractivity contribution >= 4 is 17.6 Å². The highest BCUT2D eigenvalue weighted by Gasteiger charge is 2.24. The summed E-state index contributed by atoms with van der Waals surface area (Å²) < 4.78 is 0. The van der Waals surface area contributed by atoms with Gasteiger partial charge in [-0.25, -0.2) is 4.99 Å². The second kappa shape index (κ2) is 9.03. The summed E-state index contributed by atoms with van der Waals surface area (Å²) in [4.78, 5) is 21.5. The Balaban J connectivity index is 1.56. The lowest BCUT2D eigenvalue weighted by atomic mass is 10.2. The van der Waals surface area contributed by atoms with E-state index in [-0.39, 0.29) is 12.5 Å². The highest BCUT2D eigenvalue weighted by atomic mass is 16.2. The number of hydrogen-bond donors (Lipinski definition) is 2. The zero-order valence-corrected chi connectivity index (χ0v) is 16.0. The summed E-state index contributed by atoms with van der Waals surface area (Å²) in [6.45, 7) is 9.12. The largest absolute Gasteiger partial charge is 0.357 e. The van der Waals surface area contributed by atoms with Gasteiger partial charge in [-0.05, 0) is 50.9 Å². The summed E-state index contributed by atoms with van der Waals surface area (Å²) in [5.41, 5.74) is 2.28. The first-order valence-electron chi connectivity index (χ1n) is 9.87. The third-order valence-electron chi connectivity index (χ3n) is 5.32. The van der Waals surface area contributed by atoms with E-state index in [4.69, 9.17) is 0 Å². The molecule has 142 valence electrons. The number of anilines is 1. The number of rotatable bonds is 6. The molecule has 6 heteroatoms. The molecule has 1 aromatic rings. The highest BCUT2D eigenvalue weighted by molar-refractivity contribution is 5.98. The van der Waals surface area contributed by atoms with E-state index in [1.165, 1.54) is 24.9 Å². The van der Waals surface area contributed by atoms with Gasteiger partial charge in [0.15, 0.2) is 5.96 Å². The monoisotopic (exact) mass is 357 g/mol. The summed E-state index contributed by atoms with van der Waals surface area (Å²) in [6, 6.07) is 8.69. The highest BCUT2D eigenvalue weighted by Crippen LogP contribution is 2.27. The lowest BCUT2D eigenvalue weighted by Gasteiger charge is -2.24. The second-order valence-corrected chi connectivity index (χ2v) is 6.92. The van der Waals surface area contributed by atoms with Gasteiger partial charge in [-0.15, -0.1) is 0 Å². The number of likely N-dealkylation sites (tertiary alicyclic amines) is 1. The van der Waals surface area contributed by atoms with E-state index < -0.39 is 0 Å². The molecule has 0 aromatic heterocycles. The second-order valence-electron chi connectivity index (χ2n) is 6.92. The number of nitrogens with one attached hydrogen (secondary N) is 2. The fourth-order valence-corrected chi connectivity index (χ4v) is 3.93. The van der Waals surface area contributed by atoms with Crippen LogP contribution in [0.1, 0.15) is 32.3 Å². The number of likely N-dealkylation sites (N-methyl/N-ethyl adjacent to an activating group) is 1. The van der Waals surface area contributed by atoms with Crippen LogP contribution in [0.25, 0.3) is 0 Å². The maximum Gasteiger partial charge on any atom is 0.248 e. The number of aliphatic imine (C=N–C) groups is 1. The van der Waals surface area contributed by atoms with E-state index in [2.05, 4.69) is 33.5 Å². The van der Waals surface area contributed by atoms with Crippen molar-refractivity contribution in [3.8, 4) is 0 Å². The molecule has 0 spiro atoms. The molecule has 2 aliphatic rings. The first kappa shape index (κ1) is 18.7. The van der Waals surface area contributed by atoms with Crippen LogP contribution < -0.4 is 15.5 Å². The summed E-state index contributed by atoms with van der Waals surface area (Å²) in [5, 5.41) is 6.67. The minimum atomic E-state index is 0.0585. The Morgan fingerprint density at radius 1 is 1.23 bits per heavy atom. The Hall–Kier alpha value is -2.08. The average Bonchev–Trinajstić information content (AvgIpc) is 3.30. The third kappa shape index (κ3) is 4.36. The molecule has 1 atom stereocenters. The predicted molar refractivity (Wildman–Crippen MR) is 107 cm³/mol. The SMILES string of the molecule is CCNC(=NCC(=O)N1CCc2ccccc21)NCC1CCCN1CC. The molecular weight excluding hydrogens is 326 g/mol. The van der Waals surface area contributed by atoms with Crippen molar-refractivity contribution in [1.82, 2.24) is 15.5 Å². The number of carbonyl (C=O) groups is 1. The van der Waals surface area contributed by atoms with Crippen molar-refractivity contribution in [2.75, 3.05) is 44.2 Å². The maximum absolute atomic E-state index is 12.6. The van der Waals surface area contributed by atoms with Crippen LogP contribution >= 0.6 is 0 Å². The van der Waals surface area contributed by atoms with E-state index >= 15 is 0 Å². The van der Waals surface area contributed by atoms with Crippen molar-refractivity contribution in [3.05, 3.63) is 29.8 Å². The molecule has 1 fully saturated rings. The van der Waals surface area contributed by atoms with Crippen molar-refractivity contribution in [3.63, 3.8) is 0 Å². The number of carbonyl (C=O) groups excluding carboxylic acids is 1. The fraction of sp³-hybridized carbons (Fsp3) is 0.600. The van der Waals surface area contributed by atoms with Gasteiger partial charge in [0.05, 0.1) is 0 Å². The van der Waals surface area contributed by atoms with Crippen LogP contribution in [-0.2, 0) is 11.2 Å². The van der Waals surface area contributed by atoms with Crippen LogP contribution in [0.2, 0.25) is 0 Å². The van der Waals surface area contributed by atoms with Crippen LogP contribution in [-0.4, -0.2) is 62.1 Å². The van der Waals surface area contributed by atoms with Crippen LogP contribution in [0.3, 0.4) is 0 Å². The van der Waals surface area contributed by atoms with Crippen LogP contribution in [0.4, 0.5) is 5.69 Å². The summed E-state index contributed by atoms with van der Waals surface area (Å²) in [7, 11) is 0. The van der Waals surface area contributed by atoms with Gasteiger partial charge >= 0.3 is 0 Å². The van der Waals surface area contributed by atoms with Crippen molar-refractivity contribution in [1.29, 1.82) is 0 Å². The number of hydrogen-bond acceptors (Lipinski definition) is 3. The molecule has 26 heavy (non-hydrogen) atoms. The van der Waals surface area contributed by atoms with Gasteiger partial charge in [0, 0.05) is 31.4 Å². The Kier molecular flexibility index (Phi) is 6.50. The molecule has 2 aliphatic heterocycles. The van der Waals surface area contributed by atoms with Crippen LogP contribution in [0, 0.1) is 0 Å². The molecule has 0 saturated carbocycles. The minimum Gasteiger partial charge on any atom is -0.357 e. The van der Waals surface area contributed by atoms with Crippen LogP contribution in [0.15, 0.2) is 29.3 Å². The first-order valence-corrected chi connectivity index (χ1v) is 9.87.